The lowest BCUT2D eigenvalue weighted by atomic mass is 10.2. The molecule has 9 heteroatoms. The number of anilines is 1. The highest BCUT2D eigenvalue weighted by molar-refractivity contribution is 5.89. The summed E-state index contributed by atoms with van der Waals surface area (Å²) in [5.41, 5.74) is 1.33. The Morgan fingerprint density at radius 1 is 1.21 bits per heavy atom. The quantitative estimate of drug-likeness (QED) is 0.721. The minimum Gasteiger partial charge on any atom is -0.378 e. The maximum Gasteiger partial charge on any atom is 0.316 e. The predicted octanol–water partition coefficient (Wildman–Crippen LogP) is 2.04. The fraction of sp³-hybridized carbons (Fsp3) is 0.263. The lowest BCUT2D eigenvalue weighted by molar-refractivity contribution is 0.0907. The molecule has 3 aromatic rings. The van der Waals surface area contributed by atoms with Gasteiger partial charge in [0.15, 0.2) is 0 Å². The number of carbonyl (C=O) groups is 1. The predicted molar refractivity (Wildman–Crippen MR) is 98.1 cm³/mol. The second-order valence-electron chi connectivity index (χ2n) is 6.24. The Labute approximate surface area is 160 Å². The molecule has 0 radical (unpaired) electrons. The summed E-state index contributed by atoms with van der Waals surface area (Å²) in [6, 6.07) is 9.59. The van der Waals surface area contributed by atoms with Gasteiger partial charge in [0, 0.05) is 31.4 Å². The minimum atomic E-state index is -0.523. The number of carbonyl (C=O) groups excluding carboxylic acids is 1. The number of rotatable bonds is 5. The van der Waals surface area contributed by atoms with Crippen LogP contribution in [0.2, 0.25) is 0 Å². The van der Waals surface area contributed by atoms with E-state index in [0.29, 0.717) is 30.2 Å². The Morgan fingerprint density at radius 2 is 2.07 bits per heavy atom. The van der Waals surface area contributed by atoms with E-state index in [-0.39, 0.29) is 18.3 Å². The fourth-order valence-corrected chi connectivity index (χ4v) is 2.86. The number of halogens is 1. The van der Waals surface area contributed by atoms with Gasteiger partial charge >= 0.3 is 11.8 Å². The van der Waals surface area contributed by atoms with Gasteiger partial charge in [0.2, 0.25) is 5.82 Å². The number of amides is 1. The van der Waals surface area contributed by atoms with Crippen LogP contribution in [-0.4, -0.2) is 47.3 Å². The molecular weight excluding hydrogens is 365 g/mol. The summed E-state index contributed by atoms with van der Waals surface area (Å²) in [4.78, 5) is 22.9. The molecule has 3 heterocycles. The van der Waals surface area contributed by atoms with E-state index in [1.165, 1.54) is 12.1 Å². The summed E-state index contributed by atoms with van der Waals surface area (Å²) in [5, 5.41) is 6.52. The van der Waals surface area contributed by atoms with E-state index in [0.717, 1.165) is 18.9 Å². The number of hydrogen-bond acceptors (Lipinski definition) is 7. The van der Waals surface area contributed by atoms with Gasteiger partial charge in [-0.3, -0.25) is 4.79 Å². The molecule has 1 aliphatic rings. The first kappa shape index (κ1) is 18.1. The van der Waals surface area contributed by atoms with Crippen LogP contribution in [0.3, 0.4) is 0 Å². The highest BCUT2D eigenvalue weighted by Gasteiger charge is 2.18. The van der Waals surface area contributed by atoms with Crippen molar-refractivity contribution in [2.75, 3.05) is 31.2 Å². The van der Waals surface area contributed by atoms with Crippen LogP contribution in [0.25, 0.3) is 11.4 Å². The minimum absolute atomic E-state index is 0.156. The van der Waals surface area contributed by atoms with E-state index < -0.39 is 5.91 Å². The molecule has 0 aliphatic carbocycles. The molecule has 0 unspecified atom stereocenters. The summed E-state index contributed by atoms with van der Waals surface area (Å²) in [5.74, 6) is 0.0534. The van der Waals surface area contributed by atoms with Crippen LogP contribution in [0.5, 0.6) is 0 Å². The third-order valence-corrected chi connectivity index (χ3v) is 4.30. The molecule has 1 amide bonds. The smallest absolute Gasteiger partial charge is 0.316 e. The van der Waals surface area contributed by atoms with E-state index in [1.807, 2.05) is 6.07 Å². The van der Waals surface area contributed by atoms with Crippen molar-refractivity contribution in [3.8, 4) is 11.4 Å². The molecule has 144 valence electrons. The SMILES string of the molecule is O=C(NCc1cccc(F)c1)c1nc(-c2ccnc(N3CCOCC3)c2)no1. The first-order valence-electron chi connectivity index (χ1n) is 8.84. The van der Waals surface area contributed by atoms with Gasteiger partial charge in [-0.05, 0) is 29.8 Å². The lowest BCUT2D eigenvalue weighted by Crippen LogP contribution is -2.36. The molecule has 0 bridgehead atoms. The van der Waals surface area contributed by atoms with Gasteiger partial charge in [0.1, 0.15) is 11.6 Å². The zero-order valence-electron chi connectivity index (χ0n) is 15.0. The molecule has 1 fully saturated rings. The van der Waals surface area contributed by atoms with Gasteiger partial charge in [-0.15, -0.1) is 0 Å². The number of nitrogens with zero attached hydrogens (tertiary/aromatic N) is 4. The Kier molecular flexibility index (Phi) is 5.24. The molecule has 28 heavy (non-hydrogen) atoms. The lowest BCUT2D eigenvalue weighted by Gasteiger charge is -2.27. The number of morpholine rings is 1. The van der Waals surface area contributed by atoms with Gasteiger partial charge in [-0.2, -0.15) is 4.98 Å². The average molecular weight is 383 g/mol. The Bertz CT molecular complexity index is 971. The second kappa shape index (κ2) is 8.13. The molecule has 0 spiro atoms. The fourth-order valence-electron chi connectivity index (χ4n) is 2.86. The number of hydrogen-bond donors (Lipinski definition) is 1. The summed E-state index contributed by atoms with van der Waals surface area (Å²) in [7, 11) is 0. The molecule has 8 nitrogen and oxygen atoms in total. The van der Waals surface area contributed by atoms with Crippen molar-refractivity contribution in [2.45, 2.75) is 6.54 Å². The van der Waals surface area contributed by atoms with Crippen LogP contribution in [0.4, 0.5) is 10.2 Å². The van der Waals surface area contributed by atoms with Crippen LogP contribution in [-0.2, 0) is 11.3 Å². The third-order valence-electron chi connectivity index (χ3n) is 4.30. The Balaban J connectivity index is 1.44. The summed E-state index contributed by atoms with van der Waals surface area (Å²) in [6.07, 6.45) is 1.67. The van der Waals surface area contributed by atoms with Crippen molar-refractivity contribution in [3.63, 3.8) is 0 Å². The number of ether oxygens (including phenoxy) is 1. The number of aromatic nitrogens is 3. The summed E-state index contributed by atoms with van der Waals surface area (Å²) < 4.78 is 23.6. The van der Waals surface area contributed by atoms with Crippen molar-refractivity contribution in [2.24, 2.45) is 0 Å². The molecule has 1 saturated heterocycles. The highest BCUT2D eigenvalue weighted by atomic mass is 19.1. The van der Waals surface area contributed by atoms with E-state index in [2.05, 4.69) is 25.3 Å². The molecular formula is C19H18FN5O3. The summed E-state index contributed by atoms with van der Waals surface area (Å²) in [6.45, 7) is 2.99. The standard InChI is InChI=1S/C19H18FN5O3/c20-15-3-1-2-13(10-15)12-22-18(26)19-23-17(24-28-19)14-4-5-21-16(11-14)25-6-8-27-9-7-25/h1-5,10-11H,6-9,12H2,(H,22,26). The van der Waals surface area contributed by atoms with E-state index in [1.54, 1.807) is 24.4 Å². The normalized spacial score (nSPS) is 14.1. The molecule has 4 rings (SSSR count). The van der Waals surface area contributed by atoms with Gasteiger partial charge in [-0.1, -0.05) is 17.3 Å². The third kappa shape index (κ3) is 4.15. The topological polar surface area (TPSA) is 93.4 Å². The zero-order chi connectivity index (χ0) is 19.3. The Morgan fingerprint density at radius 3 is 2.89 bits per heavy atom. The number of nitrogens with one attached hydrogen (secondary N) is 1. The molecule has 1 aromatic carbocycles. The number of pyridine rings is 1. The van der Waals surface area contributed by atoms with Gasteiger partial charge in [0.25, 0.3) is 0 Å². The molecule has 0 saturated carbocycles. The van der Waals surface area contributed by atoms with Gasteiger partial charge in [-0.25, -0.2) is 9.37 Å². The van der Waals surface area contributed by atoms with E-state index in [9.17, 15) is 9.18 Å². The summed E-state index contributed by atoms with van der Waals surface area (Å²) >= 11 is 0. The monoisotopic (exact) mass is 383 g/mol. The van der Waals surface area contributed by atoms with Crippen LogP contribution in [0.15, 0.2) is 47.1 Å². The first-order chi connectivity index (χ1) is 13.7. The van der Waals surface area contributed by atoms with Crippen molar-refractivity contribution < 1.29 is 18.4 Å². The molecule has 0 atom stereocenters. The van der Waals surface area contributed by atoms with Crippen molar-refractivity contribution in [3.05, 3.63) is 59.9 Å². The maximum absolute atomic E-state index is 13.2. The zero-order valence-corrected chi connectivity index (χ0v) is 15.0. The van der Waals surface area contributed by atoms with Gasteiger partial charge < -0.3 is 19.5 Å². The number of benzene rings is 1. The van der Waals surface area contributed by atoms with Crippen molar-refractivity contribution >= 4 is 11.7 Å². The first-order valence-corrected chi connectivity index (χ1v) is 8.84. The molecule has 2 aromatic heterocycles. The molecule has 1 aliphatic heterocycles. The highest BCUT2D eigenvalue weighted by Crippen LogP contribution is 2.21. The largest absolute Gasteiger partial charge is 0.378 e. The van der Waals surface area contributed by atoms with Crippen LogP contribution in [0.1, 0.15) is 16.2 Å². The van der Waals surface area contributed by atoms with Crippen molar-refractivity contribution in [1.29, 1.82) is 0 Å². The van der Waals surface area contributed by atoms with Crippen molar-refractivity contribution in [1.82, 2.24) is 20.4 Å². The van der Waals surface area contributed by atoms with Crippen LogP contribution in [0, 0.1) is 5.82 Å². The van der Waals surface area contributed by atoms with Crippen LogP contribution < -0.4 is 10.2 Å². The Hall–Kier alpha value is -3.33. The maximum atomic E-state index is 13.2. The van der Waals surface area contributed by atoms with E-state index >= 15 is 0 Å². The van der Waals surface area contributed by atoms with Crippen LogP contribution >= 0.6 is 0 Å². The average Bonchev–Trinajstić information content (AvgIpc) is 3.23. The second-order valence-corrected chi connectivity index (χ2v) is 6.24. The van der Waals surface area contributed by atoms with Gasteiger partial charge in [0.05, 0.1) is 13.2 Å². The van der Waals surface area contributed by atoms with E-state index in [4.69, 9.17) is 9.26 Å². The molecule has 1 N–H and O–H groups in total.